The van der Waals surface area contributed by atoms with Crippen molar-refractivity contribution in [3.63, 3.8) is 0 Å². The van der Waals surface area contributed by atoms with Crippen molar-refractivity contribution < 1.29 is 9.47 Å². The van der Waals surface area contributed by atoms with Crippen molar-refractivity contribution in [2.45, 2.75) is 6.92 Å². The van der Waals surface area contributed by atoms with Crippen LogP contribution >= 0.6 is 0 Å². The fraction of sp³-hybridized carbons (Fsp3) is 0.0714. The maximum absolute atomic E-state index is 5.56. The van der Waals surface area contributed by atoms with Gasteiger partial charge in [0.15, 0.2) is 0 Å². The molecule has 3 heteroatoms. The summed E-state index contributed by atoms with van der Waals surface area (Å²) < 4.78 is 10.7. The van der Waals surface area contributed by atoms with E-state index < -0.39 is 0 Å². The lowest BCUT2D eigenvalue weighted by Crippen LogP contribution is -1.88. The van der Waals surface area contributed by atoms with Crippen LogP contribution in [0.15, 0.2) is 48.7 Å². The van der Waals surface area contributed by atoms with Crippen molar-refractivity contribution in [3.05, 3.63) is 48.7 Å². The van der Waals surface area contributed by atoms with E-state index in [4.69, 9.17) is 9.47 Å². The molecular formula is C14H11NO2. The van der Waals surface area contributed by atoms with E-state index in [0.29, 0.717) is 17.4 Å². The van der Waals surface area contributed by atoms with Gasteiger partial charge in [-0.25, -0.2) is 4.98 Å². The number of pyridine rings is 1. The molecule has 0 bridgehead atoms. The highest BCUT2D eigenvalue weighted by Crippen LogP contribution is 2.23. The standard InChI is InChI=1S/C14H11NO2/c1-2-10-16-12-6-5-7-13(11-12)17-14-8-3-4-9-15-14/h3-9,11H,1H3. The van der Waals surface area contributed by atoms with Crippen LogP contribution in [-0.4, -0.2) is 4.98 Å². The number of nitrogens with zero attached hydrogens (tertiary/aromatic N) is 1. The Balaban J connectivity index is 2.13. The van der Waals surface area contributed by atoms with Crippen molar-refractivity contribution in [1.82, 2.24) is 4.98 Å². The van der Waals surface area contributed by atoms with E-state index in [-0.39, 0.29) is 0 Å². The summed E-state index contributed by atoms with van der Waals surface area (Å²) in [6.07, 6.45) is 4.21. The maximum Gasteiger partial charge on any atom is 0.219 e. The first kappa shape index (κ1) is 11.0. The normalized spacial score (nSPS) is 9.00. The summed E-state index contributed by atoms with van der Waals surface area (Å²) in [4.78, 5) is 4.07. The predicted molar refractivity (Wildman–Crippen MR) is 64.8 cm³/mol. The van der Waals surface area contributed by atoms with Gasteiger partial charge in [0.05, 0.1) is 0 Å². The van der Waals surface area contributed by atoms with E-state index in [0.717, 1.165) is 0 Å². The highest BCUT2D eigenvalue weighted by Gasteiger charge is 1.99. The molecule has 0 saturated heterocycles. The van der Waals surface area contributed by atoms with Crippen LogP contribution in [0.1, 0.15) is 6.92 Å². The third-order valence-corrected chi connectivity index (χ3v) is 1.94. The summed E-state index contributed by atoms with van der Waals surface area (Å²) in [6, 6.07) is 12.7. The Morgan fingerprint density at radius 3 is 2.71 bits per heavy atom. The van der Waals surface area contributed by atoms with E-state index in [1.807, 2.05) is 30.3 Å². The van der Waals surface area contributed by atoms with Gasteiger partial charge in [-0.1, -0.05) is 18.1 Å². The molecule has 84 valence electrons. The monoisotopic (exact) mass is 225 g/mol. The summed E-state index contributed by atoms with van der Waals surface area (Å²) in [5, 5.41) is 0. The molecule has 0 spiro atoms. The summed E-state index contributed by atoms with van der Waals surface area (Å²) >= 11 is 0. The predicted octanol–water partition coefficient (Wildman–Crippen LogP) is 3.23. The van der Waals surface area contributed by atoms with Crippen molar-refractivity contribution in [1.29, 1.82) is 0 Å². The Labute approximate surface area is 100 Å². The molecular weight excluding hydrogens is 214 g/mol. The van der Waals surface area contributed by atoms with Crippen LogP contribution in [0.2, 0.25) is 0 Å². The third kappa shape index (κ3) is 3.25. The molecule has 0 N–H and O–H groups in total. The highest BCUT2D eigenvalue weighted by molar-refractivity contribution is 5.35. The first-order valence-corrected chi connectivity index (χ1v) is 5.16. The first-order chi connectivity index (χ1) is 8.38. The van der Waals surface area contributed by atoms with Gasteiger partial charge in [-0.2, -0.15) is 0 Å². The zero-order valence-electron chi connectivity index (χ0n) is 9.38. The molecule has 0 aliphatic rings. The minimum absolute atomic E-state index is 0.547. The smallest absolute Gasteiger partial charge is 0.219 e. The molecule has 1 aromatic carbocycles. The average molecular weight is 225 g/mol. The van der Waals surface area contributed by atoms with E-state index in [1.165, 1.54) is 0 Å². The van der Waals surface area contributed by atoms with Crippen LogP contribution in [0, 0.1) is 12.0 Å². The topological polar surface area (TPSA) is 31.4 Å². The quantitative estimate of drug-likeness (QED) is 0.751. The van der Waals surface area contributed by atoms with E-state index in [2.05, 4.69) is 17.0 Å². The van der Waals surface area contributed by atoms with Gasteiger partial charge in [0.25, 0.3) is 0 Å². The number of ether oxygens (including phenoxy) is 2. The zero-order valence-corrected chi connectivity index (χ0v) is 9.38. The van der Waals surface area contributed by atoms with Crippen molar-refractivity contribution in [2.75, 3.05) is 0 Å². The number of rotatable bonds is 3. The lowest BCUT2D eigenvalue weighted by Gasteiger charge is -2.04. The summed E-state index contributed by atoms with van der Waals surface area (Å²) in [6.45, 7) is 1.72. The Morgan fingerprint density at radius 1 is 1.06 bits per heavy atom. The van der Waals surface area contributed by atoms with Gasteiger partial charge < -0.3 is 9.47 Å². The van der Waals surface area contributed by atoms with Gasteiger partial charge in [-0.15, -0.1) is 0 Å². The lowest BCUT2D eigenvalue weighted by atomic mass is 10.3. The Hall–Kier alpha value is -2.47. The van der Waals surface area contributed by atoms with Gasteiger partial charge in [0.2, 0.25) is 5.88 Å². The molecule has 2 aromatic rings. The van der Waals surface area contributed by atoms with Crippen LogP contribution in [0.3, 0.4) is 0 Å². The van der Waals surface area contributed by atoms with Gasteiger partial charge in [-0.05, 0) is 18.2 Å². The number of aromatic nitrogens is 1. The van der Waals surface area contributed by atoms with Crippen molar-refractivity contribution in [3.8, 4) is 29.4 Å². The van der Waals surface area contributed by atoms with Crippen LogP contribution in [0.4, 0.5) is 0 Å². The molecule has 0 aliphatic heterocycles. The van der Waals surface area contributed by atoms with Crippen molar-refractivity contribution >= 4 is 0 Å². The average Bonchev–Trinajstić information content (AvgIpc) is 2.38. The van der Waals surface area contributed by atoms with Crippen LogP contribution in [0.25, 0.3) is 0 Å². The minimum Gasteiger partial charge on any atom is -0.439 e. The zero-order chi connectivity index (χ0) is 11.9. The minimum atomic E-state index is 0.547. The summed E-state index contributed by atoms with van der Waals surface area (Å²) in [5.41, 5.74) is 0. The van der Waals surface area contributed by atoms with Crippen LogP contribution in [-0.2, 0) is 0 Å². The molecule has 2 rings (SSSR count). The second-order valence-electron chi connectivity index (χ2n) is 3.20. The molecule has 1 heterocycles. The summed E-state index contributed by atoms with van der Waals surface area (Å²) in [7, 11) is 0. The Kier molecular flexibility index (Phi) is 3.61. The maximum atomic E-state index is 5.56. The molecule has 1 aromatic heterocycles. The second-order valence-corrected chi connectivity index (χ2v) is 3.20. The molecule has 0 fully saturated rings. The molecule has 0 saturated carbocycles. The number of hydrogen-bond acceptors (Lipinski definition) is 3. The lowest BCUT2D eigenvalue weighted by molar-refractivity contribution is 0.455. The number of benzene rings is 1. The molecule has 0 unspecified atom stereocenters. The summed E-state index contributed by atoms with van der Waals surface area (Å²) in [5.74, 6) is 4.52. The molecule has 0 aliphatic carbocycles. The largest absolute Gasteiger partial charge is 0.439 e. The molecule has 3 nitrogen and oxygen atoms in total. The molecule has 0 radical (unpaired) electrons. The second kappa shape index (κ2) is 5.57. The fourth-order valence-electron chi connectivity index (χ4n) is 1.24. The van der Waals surface area contributed by atoms with Gasteiger partial charge in [0, 0.05) is 25.3 Å². The molecule has 17 heavy (non-hydrogen) atoms. The number of hydrogen-bond donors (Lipinski definition) is 0. The SMILES string of the molecule is CC#COc1cccc(Oc2ccccn2)c1. The van der Waals surface area contributed by atoms with Crippen LogP contribution < -0.4 is 9.47 Å². The van der Waals surface area contributed by atoms with Gasteiger partial charge in [-0.3, -0.25) is 0 Å². The van der Waals surface area contributed by atoms with E-state index >= 15 is 0 Å². The van der Waals surface area contributed by atoms with Gasteiger partial charge in [0.1, 0.15) is 17.6 Å². The third-order valence-electron chi connectivity index (χ3n) is 1.94. The van der Waals surface area contributed by atoms with E-state index in [9.17, 15) is 0 Å². The van der Waals surface area contributed by atoms with Crippen molar-refractivity contribution in [2.24, 2.45) is 0 Å². The van der Waals surface area contributed by atoms with Gasteiger partial charge >= 0.3 is 0 Å². The highest BCUT2D eigenvalue weighted by atomic mass is 16.5. The van der Waals surface area contributed by atoms with Crippen LogP contribution in [0.5, 0.6) is 17.4 Å². The first-order valence-electron chi connectivity index (χ1n) is 5.16. The Bertz CT molecular complexity index is 541. The fourth-order valence-corrected chi connectivity index (χ4v) is 1.24. The Morgan fingerprint density at radius 2 is 1.94 bits per heavy atom. The molecule has 0 amide bonds. The molecule has 0 atom stereocenters. The van der Waals surface area contributed by atoms with E-state index in [1.54, 1.807) is 25.3 Å².